The number of aliphatic hydroxyl groups is 1. The summed E-state index contributed by atoms with van der Waals surface area (Å²) in [6.07, 6.45) is 2.12. The molecule has 0 amide bonds. The third kappa shape index (κ3) is 2.19. The van der Waals surface area contributed by atoms with Crippen LogP contribution in [0.25, 0.3) is 0 Å². The first-order chi connectivity index (χ1) is 8.80. The van der Waals surface area contributed by atoms with E-state index in [2.05, 4.69) is 54.6 Å². The maximum absolute atomic E-state index is 9.78. The van der Waals surface area contributed by atoms with Crippen LogP contribution in [0.2, 0.25) is 18.1 Å². The van der Waals surface area contributed by atoms with Crippen molar-refractivity contribution >= 4 is 8.32 Å². The van der Waals surface area contributed by atoms with E-state index in [-0.39, 0.29) is 34.4 Å². The van der Waals surface area contributed by atoms with Gasteiger partial charge in [-0.15, -0.1) is 0 Å². The van der Waals surface area contributed by atoms with Crippen molar-refractivity contribution < 1.29 is 14.3 Å². The monoisotopic (exact) mass is 300 g/mol. The summed E-state index contributed by atoms with van der Waals surface area (Å²) in [5.74, 6) is 0. The van der Waals surface area contributed by atoms with Crippen LogP contribution in [0.3, 0.4) is 0 Å². The first-order valence-corrected chi connectivity index (χ1v) is 10.7. The highest BCUT2D eigenvalue weighted by Crippen LogP contribution is 2.65. The van der Waals surface area contributed by atoms with Gasteiger partial charge < -0.3 is 14.3 Å². The summed E-state index contributed by atoms with van der Waals surface area (Å²) in [4.78, 5) is 0. The van der Waals surface area contributed by atoms with Crippen molar-refractivity contribution in [3.8, 4) is 0 Å². The smallest absolute Gasteiger partial charge is 0.192 e. The van der Waals surface area contributed by atoms with Gasteiger partial charge in [0.1, 0.15) is 11.2 Å². The van der Waals surface area contributed by atoms with Gasteiger partial charge in [0.05, 0.1) is 6.61 Å². The van der Waals surface area contributed by atoms with Crippen LogP contribution >= 0.6 is 0 Å². The highest BCUT2D eigenvalue weighted by Gasteiger charge is 2.76. The van der Waals surface area contributed by atoms with Crippen LogP contribution in [0.5, 0.6) is 0 Å². The van der Waals surface area contributed by atoms with Gasteiger partial charge in [-0.05, 0) is 31.5 Å². The average molecular weight is 301 g/mol. The maximum atomic E-state index is 9.78. The fourth-order valence-corrected chi connectivity index (χ4v) is 5.10. The van der Waals surface area contributed by atoms with Crippen molar-refractivity contribution in [3.05, 3.63) is 0 Å². The summed E-state index contributed by atoms with van der Waals surface area (Å²) in [5, 5.41) is 10.0. The van der Waals surface area contributed by atoms with Gasteiger partial charge in [0, 0.05) is 17.9 Å². The summed E-state index contributed by atoms with van der Waals surface area (Å²) in [6.45, 7) is 18.1. The first kappa shape index (κ1) is 16.5. The molecule has 0 bridgehead atoms. The van der Waals surface area contributed by atoms with Crippen LogP contribution in [0.15, 0.2) is 0 Å². The second kappa shape index (κ2) is 4.31. The molecule has 3 nitrogen and oxygen atoms in total. The zero-order valence-electron chi connectivity index (χ0n) is 14.5. The van der Waals surface area contributed by atoms with Crippen molar-refractivity contribution in [2.75, 3.05) is 6.61 Å². The normalized spacial score (nSPS) is 40.4. The van der Waals surface area contributed by atoms with Crippen LogP contribution in [-0.2, 0) is 9.16 Å². The summed E-state index contributed by atoms with van der Waals surface area (Å²) < 4.78 is 12.6. The minimum atomic E-state index is -1.75. The third-order valence-corrected chi connectivity index (χ3v) is 10.7. The van der Waals surface area contributed by atoms with E-state index in [4.69, 9.17) is 9.16 Å². The largest absolute Gasteiger partial charge is 0.414 e. The Labute approximate surface area is 125 Å². The Morgan fingerprint density at radius 1 is 1.20 bits per heavy atom. The topological polar surface area (TPSA) is 42.0 Å². The minimum absolute atomic E-state index is 0.0399. The molecule has 118 valence electrons. The molecule has 0 unspecified atom stereocenters. The zero-order valence-corrected chi connectivity index (χ0v) is 15.5. The van der Waals surface area contributed by atoms with Gasteiger partial charge >= 0.3 is 0 Å². The van der Waals surface area contributed by atoms with Crippen LogP contribution in [0.1, 0.15) is 54.4 Å². The van der Waals surface area contributed by atoms with Crippen molar-refractivity contribution in [2.24, 2.45) is 5.41 Å². The summed E-state index contributed by atoms with van der Waals surface area (Å²) in [6, 6.07) is 0. The standard InChI is InChI=1S/C16H32O3Si/c1-13(2,3)20(7,8)18-12-9-14(4,5)16(11-17)15(6,10-12)19-16/h12,17H,9-11H2,1-8H3/t12-,15+,16-/m0/s1. The second-order valence-electron chi connectivity index (χ2n) is 9.11. The summed E-state index contributed by atoms with van der Waals surface area (Å²) in [5.41, 5.74) is -0.606. The first-order valence-electron chi connectivity index (χ1n) is 7.79. The molecular weight excluding hydrogens is 268 g/mol. The van der Waals surface area contributed by atoms with Gasteiger partial charge in [0.2, 0.25) is 0 Å². The highest BCUT2D eigenvalue weighted by molar-refractivity contribution is 6.74. The van der Waals surface area contributed by atoms with Crippen LogP contribution < -0.4 is 0 Å². The molecule has 1 aliphatic carbocycles. The Balaban J connectivity index is 2.15. The number of epoxide rings is 1. The zero-order chi connectivity index (χ0) is 15.6. The summed E-state index contributed by atoms with van der Waals surface area (Å²) in [7, 11) is -1.75. The molecule has 20 heavy (non-hydrogen) atoms. The number of hydrogen-bond donors (Lipinski definition) is 1. The van der Waals surface area contributed by atoms with Gasteiger partial charge in [0.25, 0.3) is 0 Å². The van der Waals surface area contributed by atoms with E-state index in [1.165, 1.54) is 0 Å². The molecule has 0 aromatic heterocycles. The lowest BCUT2D eigenvalue weighted by molar-refractivity contribution is 0.0137. The molecule has 0 aromatic rings. The molecule has 0 spiro atoms. The van der Waals surface area contributed by atoms with Crippen molar-refractivity contribution in [1.29, 1.82) is 0 Å². The predicted molar refractivity (Wildman–Crippen MR) is 84.4 cm³/mol. The lowest BCUT2D eigenvalue weighted by atomic mass is 9.63. The maximum Gasteiger partial charge on any atom is 0.192 e. The average Bonchev–Trinajstić information content (AvgIpc) is 2.82. The second-order valence-corrected chi connectivity index (χ2v) is 13.9. The fourth-order valence-electron chi connectivity index (χ4n) is 3.75. The molecule has 2 rings (SSSR count). The molecular formula is C16H32O3Si. The van der Waals surface area contributed by atoms with E-state index in [0.717, 1.165) is 12.8 Å². The van der Waals surface area contributed by atoms with Crippen molar-refractivity contribution in [3.63, 3.8) is 0 Å². The van der Waals surface area contributed by atoms with Crippen molar-refractivity contribution in [2.45, 2.75) is 89.8 Å². The SMILES string of the molecule is CC1(C)C[C@H](O[Si](C)(C)C(C)(C)C)C[C@@]2(C)O[C@@]12CO. The van der Waals surface area contributed by atoms with E-state index in [1.54, 1.807) is 0 Å². The number of ether oxygens (including phenoxy) is 1. The van der Waals surface area contributed by atoms with Crippen LogP contribution in [0.4, 0.5) is 0 Å². The van der Waals surface area contributed by atoms with Gasteiger partial charge in [0.15, 0.2) is 8.32 Å². The molecule has 2 fully saturated rings. The fraction of sp³-hybridized carbons (Fsp3) is 1.00. The quantitative estimate of drug-likeness (QED) is 0.638. The predicted octanol–water partition coefficient (Wildman–Crippen LogP) is 3.72. The number of aliphatic hydroxyl groups excluding tert-OH is 1. The Morgan fingerprint density at radius 3 is 2.15 bits per heavy atom. The molecule has 0 aromatic carbocycles. The summed E-state index contributed by atoms with van der Waals surface area (Å²) >= 11 is 0. The molecule has 3 atom stereocenters. The highest BCUT2D eigenvalue weighted by atomic mass is 28.4. The van der Waals surface area contributed by atoms with E-state index < -0.39 is 8.32 Å². The van der Waals surface area contributed by atoms with Crippen LogP contribution in [0, 0.1) is 5.41 Å². The molecule has 1 saturated carbocycles. The molecule has 2 aliphatic rings. The molecule has 0 radical (unpaired) electrons. The van der Waals surface area contributed by atoms with Gasteiger partial charge in [-0.3, -0.25) is 0 Å². The lowest BCUT2D eigenvalue weighted by Crippen LogP contribution is -2.53. The number of rotatable bonds is 3. The Morgan fingerprint density at radius 2 is 1.75 bits per heavy atom. The molecule has 1 saturated heterocycles. The van der Waals surface area contributed by atoms with E-state index in [0.29, 0.717) is 0 Å². The van der Waals surface area contributed by atoms with E-state index in [1.807, 2.05) is 0 Å². The van der Waals surface area contributed by atoms with Gasteiger partial charge in [-0.1, -0.05) is 34.6 Å². The third-order valence-electron chi connectivity index (χ3n) is 6.15. The molecule has 1 heterocycles. The van der Waals surface area contributed by atoms with Crippen LogP contribution in [-0.4, -0.2) is 37.3 Å². The molecule has 4 heteroatoms. The molecule has 1 N–H and O–H groups in total. The Kier molecular flexibility index (Phi) is 3.55. The minimum Gasteiger partial charge on any atom is -0.414 e. The number of fused-ring (bicyclic) bond motifs is 1. The number of hydrogen-bond acceptors (Lipinski definition) is 3. The molecule has 1 aliphatic heterocycles. The lowest BCUT2D eigenvalue weighted by Gasteiger charge is -2.46. The Bertz CT molecular complexity index is 399. The van der Waals surface area contributed by atoms with E-state index in [9.17, 15) is 5.11 Å². The van der Waals surface area contributed by atoms with Crippen molar-refractivity contribution in [1.82, 2.24) is 0 Å². The van der Waals surface area contributed by atoms with Gasteiger partial charge in [-0.2, -0.15) is 0 Å². The Hall–Kier alpha value is 0.0969. The van der Waals surface area contributed by atoms with Gasteiger partial charge in [-0.25, -0.2) is 0 Å². The van der Waals surface area contributed by atoms with E-state index >= 15 is 0 Å².